The Morgan fingerprint density at radius 2 is 1.09 bits per heavy atom. The van der Waals surface area contributed by atoms with Crippen LogP contribution >= 0.6 is 0 Å². The van der Waals surface area contributed by atoms with Crippen LogP contribution in [0.15, 0.2) is 0 Å². The first-order valence-electron chi connectivity index (χ1n) is 12.5. The summed E-state index contributed by atoms with van der Waals surface area (Å²) in [6.07, 6.45) is 8.21. The van der Waals surface area contributed by atoms with Crippen LogP contribution in [0.4, 0.5) is 0 Å². The van der Waals surface area contributed by atoms with Crippen molar-refractivity contribution >= 4 is 0 Å². The number of aliphatic hydroxyl groups excluding tert-OH is 4. The van der Waals surface area contributed by atoms with Gasteiger partial charge in [0.25, 0.3) is 5.97 Å². The molecule has 32 heavy (non-hydrogen) atoms. The molecular weight excluding hydrogens is 416 g/mol. The molecule has 0 aliphatic heterocycles. The predicted molar refractivity (Wildman–Crippen MR) is 126 cm³/mol. The average molecular weight is 469 g/mol. The van der Waals surface area contributed by atoms with E-state index in [0.29, 0.717) is 25.7 Å². The van der Waals surface area contributed by atoms with E-state index < -0.39 is 18.2 Å². The van der Waals surface area contributed by atoms with Gasteiger partial charge in [0, 0.05) is 25.7 Å². The molecule has 8 nitrogen and oxygen atoms in total. The minimum atomic E-state index is -0.916. The van der Waals surface area contributed by atoms with E-state index in [-0.39, 0.29) is 26.4 Å². The SMILES string of the molecule is CCCCCCCCC(CC)C(OCC)(OCC)OCC.OCC(O)COCC(O)CO. The van der Waals surface area contributed by atoms with Crippen LogP contribution in [-0.4, -0.2) is 84.9 Å². The lowest BCUT2D eigenvalue weighted by Gasteiger charge is -2.38. The maximum absolute atomic E-state index is 8.72. The molecule has 0 rings (SSSR count). The maximum Gasteiger partial charge on any atom is 0.285 e. The second kappa shape index (κ2) is 23.8. The van der Waals surface area contributed by atoms with Gasteiger partial charge in [-0.05, 0) is 33.6 Å². The van der Waals surface area contributed by atoms with Gasteiger partial charge < -0.3 is 39.4 Å². The standard InChI is InChI=1S/C18H38O3.C6H14O5/c1-6-11-12-13-14-15-16-17(7-2)18(19-8-3,20-9-4)21-10-5;7-1-5(9)3-11-4-6(10)2-8/h17H,6-16H2,1-5H3;5-10H,1-4H2. The fourth-order valence-electron chi connectivity index (χ4n) is 3.33. The number of aliphatic hydroxyl groups is 4. The van der Waals surface area contributed by atoms with Gasteiger partial charge in [-0.2, -0.15) is 0 Å². The molecule has 3 atom stereocenters. The lowest BCUT2D eigenvalue weighted by molar-refractivity contribution is -0.402. The van der Waals surface area contributed by atoms with E-state index in [0.717, 1.165) is 12.8 Å². The Labute approximate surface area is 196 Å². The van der Waals surface area contributed by atoms with E-state index in [9.17, 15) is 0 Å². The minimum Gasteiger partial charge on any atom is -0.394 e. The van der Waals surface area contributed by atoms with Gasteiger partial charge in [-0.3, -0.25) is 0 Å². The maximum atomic E-state index is 8.72. The summed E-state index contributed by atoms with van der Waals surface area (Å²) in [6, 6.07) is 0. The molecule has 0 amide bonds. The number of ether oxygens (including phenoxy) is 4. The summed E-state index contributed by atoms with van der Waals surface area (Å²) in [5.41, 5.74) is 0. The summed E-state index contributed by atoms with van der Waals surface area (Å²) in [5.74, 6) is -0.528. The van der Waals surface area contributed by atoms with E-state index in [4.69, 9.17) is 39.4 Å². The monoisotopic (exact) mass is 468 g/mol. The lowest BCUT2D eigenvalue weighted by atomic mass is 9.95. The summed E-state index contributed by atoms with van der Waals surface area (Å²) in [5, 5.41) is 34.1. The van der Waals surface area contributed by atoms with Crippen molar-refractivity contribution in [3.63, 3.8) is 0 Å². The highest BCUT2D eigenvalue weighted by molar-refractivity contribution is 4.71. The summed E-state index contributed by atoms with van der Waals surface area (Å²) >= 11 is 0. The van der Waals surface area contributed by atoms with Gasteiger partial charge in [0.1, 0.15) is 12.2 Å². The van der Waals surface area contributed by atoms with E-state index in [1.54, 1.807) is 0 Å². The molecule has 0 aromatic carbocycles. The number of rotatable bonds is 21. The molecule has 0 spiro atoms. The van der Waals surface area contributed by atoms with Crippen molar-refractivity contribution in [2.75, 3.05) is 46.2 Å². The molecule has 0 radical (unpaired) electrons. The zero-order chi connectivity index (χ0) is 24.7. The molecule has 0 aromatic rings. The largest absolute Gasteiger partial charge is 0.394 e. The quantitative estimate of drug-likeness (QED) is 0.150. The van der Waals surface area contributed by atoms with Crippen LogP contribution in [0.5, 0.6) is 0 Å². The molecule has 0 saturated carbocycles. The van der Waals surface area contributed by atoms with Gasteiger partial charge in [-0.25, -0.2) is 0 Å². The molecule has 0 saturated heterocycles. The Bertz CT molecular complexity index is 343. The molecule has 0 heterocycles. The summed E-state index contributed by atoms with van der Waals surface area (Å²) in [7, 11) is 0. The first-order chi connectivity index (χ1) is 15.4. The third-order valence-electron chi connectivity index (χ3n) is 4.98. The van der Waals surface area contributed by atoms with E-state index in [1.165, 1.54) is 38.5 Å². The second-order valence-electron chi connectivity index (χ2n) is 7.77. The van der Waals surface area contributed by atoms with Crippen molar-refractivity contribution in [3.8, 4) is 0 Å². The van der Waals surface area contributed by atoms with Crippen molar-refractivity contribution in [3.05, 3.63) is 0 Å². The lowest BCUT2D eigenvalue weighted by Crippen LogP contribution is -2.46. The van der Waals surface area contributed by atoms with Crippen LogP contribution in [0.1, 0.15) is 86.0 Å². The molecule has 0 aromatic heterocycles. The molecule has 0 bridgehead atoms. The van der Waals surface area contributed by atoms with Crippen molar-refractivity contribution in [2.24, 2.45) is 5.92 Å². The Morgan fingerprint density at radius 1 is 0.656 bits per heavy atom. The Morgan fingerprint density at radius 3 is 1.47 bits per heavy atom. The van der Waals surface area contributed by atoms with Crippen LogP contribution in [0.2, 0.25) is 0 Å². The topological polar surface area (TPSA) is 118 Å². The smallest absolute Gasteiger partial charge is 0.285 e. The molecule has 196 valence electrons. The van der Waals surface area contributed by atoms with Crippen LogP contribution in [0, 0.1) is 5.92 Å². The molecule has 8 heteroatoms. The highest BCUT2D eigenvalue weighted by Crippen LogP contribution is 2.32. The van der Waals surface area contributed by atoms with Gasteiger partial charge >= 0.3 is 0 Å². The van der Waals surface area contributed by atoms with Gasteiger partial charge in [0.15, 0.2) is 0 Å². The van der Waals surface area contributed by atoms with Gasteiger partial charge in [0.05, 0.1) is 26.4 Å². The zero-order valence-corrected chi connectivity index (χ0v) is 21.3. The molecule has 0 aliphatic rings. The number of hydrogen-bond donors (Lipinski definition) is 4. The third kappa shape index (κ3) is 17.2. The normalized spacial score (nSPS) is 14.5. The van der Waals surface area contributed by atoms with E-state index in [2.05, 4.69) is 13.8 Å². The fourth-order valence-corrected chi connectivity index (χ4v) is 3.33. The predicted octanol–water partition coefficient (Wildman–Crippen LogP) is 3.24. The van der Waals surface area contributed by atoms with Crippen LogP contribution in [0.3, 0.4) is 0 Å². The van der Waals surface area contributed by atoms with Gasteiger partial charge in [-0.1, -0.05) is 52.4 Å². The molecule has 0 aliphatic carbocycles. The van der Waals surface area contributed by atoms with E-state index in [1.807, 2.05) is 20.8 Å². The molecule has 3 unspecified atom stereocenters. The minimum absolute atomic E-state index is 0.0342. The highest BCUT2D eigenvalue weighted by Gasteiger charge is 2.40. The summed E-state index contributed by atoms with van der Waals surface area (Å²) < 4.78 is 22.5. The fraction of sp³-hybridized carbons (Fsp3) is 1.00. The van der Waals surface area contributed by atoms with E-state index >= 15 is 0 Å². The zero-order valence-electron chi connectivity index (χ0n) is 21.3. The average Bonchev–Trinajstić information content (AvgIpc) is 2.79. The second-order valence-corrected chi connectivity index (χ2v) is 7.77. The van der Waals surface area contributed by atoms with Gasteiger partial charge in [-0.15, -0.1) is 0 Å². The van der Waals surface area contributed by atoms with Gasteiger partial charge in [0.2, 0.25) is 0 Å². The van der Waals surface area contributed by atoms with Crippen molar-refractivity contribution in [1.29, 1.82) is 0 Å². The van der Waals surface area contributed by atoms with Crippen LogP contribution in [0.25, 0.3) is 0 Å². The third-order valence-corrected chi connectivity index (χ3v) is 4.98. The molecule has 0 fully saturated rings. The molecular formula is C24H52O8. The van der Waals surface area contributed by atoms with Crippen molar-refractivity contribution in [2.45, 2.75) is 104 Å². The number of hydrogen-bond acceptors (Lipinski definition) is 8. The Kier molecular flexibility index (Phi) is 25.2. The summed E-state index contributed by atoms with van der Waals surface area (Å²) in [6.45, 7) is 11.5. The Hall–Kier alpha value is -0.320. The van der Waals surface area contributed by atoms with Crippen LogP contribution in [-0.2, 0) is 18.9 Å². The first-order valence-corrected chi connectivity index (χ1v) is 12.5. The van der Waals surface area contributed by atoms with Crippen molar-refractivity contribution in [1.82, 2.24) is 0 Å². The van der Waals surface area contributed by atoms with Crippen molar-refractivity contribution < 1.29 is 39.4 Å². The summed E-state index contributed by atoms with van der Waals surface area (Å²) in [4.78, 5) is 0. The highest BCUT2D eigenvalue weighted by atomic mass is 16.9. The first kappa shape index (κ1) is 33.9. The number of unbranched alkanes of at least 4 members (excludes halogenated alkanes) is 5. The van der Waals surface area contributed by atoms with Crippen LogP contribution < -0.4 is 0 Å². The molecule has 4 N–H and O–H groups in total. The Balaban J connectivity index is 0.